The fourth-order valence-electron chi connectivity index (χ4n) is 2.37. The Hall–Kier alpha value is -1.69. The maximum absolute atomic E-state index is 12.3. The van der Waals surface area contributed by atoms with Crippen molar-refractivity contribution in [2.75, 3.05) is 13.2 Å². The number of thiophene rings is 1. The van der Waals surface area contributed by atoms with Crippen LogP contribution in [0, 0.1) is 0 Å². The number of carbonyl (C=O) groups is 1. The van der Waals surface area contributed by atoms with Crippen LogP contribution in [0.25, 0.3) is 0 Å². The van der Waals surface area contributed by atoms with Crippen LogP contribution in [0.4, 0.5) is 0 Å². The summed E-state index contributed by atoms with van der Waals surface area (Å²) in [5.41, 5.74) is 5.38. The molecule has 0 amide bonds. The van der Waals surface area contributed by atoms with Crippen molar-refractivity contribution in [3.8, 4) is 5.75 Å². The maximum Gasteiger partial charge on any atom is 0.172 e. The molecule has 2 aromatic rings. The Morgan fingerprint density at radius 3 is 2.68 bits per heavy atom. The quantitative estimate of drug-likeness (QED) is 0.471. The van der Waals surface area contributed by atoms with Gasteiger partial charge in [-0.3, -0.25) is 4.79 Å². The summed E-state index contributed by atoms with van der Waals surface area (Å²) in [7, 11) is 0. The van der Waals surface area contributed by atoms with E-state index in [1.54, 1.807) is 0 Å². The Labute approximate surface area is 153 Å². The molecular formula is C20H27NO3S. The Balaban J connectivity index is 1.67. The van der Waals surface area contributed by atoms with E-state index in [9.17, 15) is 9.90 Å². The van der Waals surface area contributed by atoms with Crippen molar-refractivity contribution in [3.63, 3.8) is 0 Å². The third-order valence-corrected chi connectivity index (χ3v) is 5.24. The number of ether oxygens (including phenoxy) is 1. The number of para-hydroxylation sites is 1. The molecule has 1 unspecified atom stereocenters. The van der Waals surface area contributed by atoms with Gasteiger partial charge in [0, 0.05) is 16.8 Å². The minimum absolute atomic E-state index is 0.0325. The summed E-state index contributed by atoms with van der Waals surface area (Å²) in [6.45, 7) is 2.43. The molecule has 0 aliphatic carbocycles. The van der Waals surface area contributed by atoms with E-state index in [0.717, 1.165) is 34.8 Å². The van der Waals surface area contributed by atoms with Gasteiger partial charge < -0.3 is 15.6 Å². The Morgan fingerprint density at radius 2 is 1.96 bits per heavy atom. The standard InChI is InChI=1S/C20H27NO3S/c1-20(21,15-22)13-12-17-10-11-19(25-17)18(23)9-5-6-14-24-16-7-3-2-4-8-16/h2-4,7-8,10-11,22H,5-6,9,12-15,21H2,1H3. The van der Waals surface area contributed by atoms with Crippen LogP contribution in [-0.2, 0) is 6.42 Å². The highest BCUT2D eigenvalue weighted by Gasteiger charge is 2.17. The molecule has 1 aromatic carbocycles. The lowest BCUT2D eigenvalue weighted by Gasteiger charge is -2.20. The molecule has 5 heteroatoms. The number of aliphatic hydroxyl groups is 1. The molecule has 0 fully saturated rings. The van der Waals surface area contributed by atoms with Crippen molar-refractivity contribution >= 4 is 17.1 Å². The SMILES string of the molecule is CC(N)(CO)CCc1ccc(C(=O)CCCCOc2ccccc2)s1. The van der Waals surface area contributed by atoms with Crippen molar-refractivity contribution in [1.29, 1.82) is 0 Å². The van der Waals surface area contributed by atoms with Crippen molar-refractivity contribution < 1.29 is 14.6 Å². The van der Waals surface area contributed by atoms with Crippen LogP contribution in [0.1, 0.15) is 47.2 Å². The smallest absolute Gasteiger partial charge is 0.172 e. The van der Waals surface area contributed by atoms with Crippen LogP contribution in [0.2, 0.25) is 0 Å². The van der Waals surface area contributed by atoms with E-state index >= 15 is 0 Å². The van der Waals surface area contributed by atoms with Crippen LogP contribution in [-0.4, -0.2) is 29.6 Å². The van der Waals surface area contributed by atoms with E-state index in [0.29, 0.717) is 19.4 Å². The first-order valence-corrected chi connectivity index (χ1v) is 9.51. The highest BCUT2D eigenvalue weighted by molar-refractivity contribution is 7.14. The van der Waals surface area contributed by atoms with E-state index < -0.39 is 5.54 Å². The average molecular weight is 362 g/mol. The summed E-state index contributed by atoms with van der Waals surface area (Å²) in [4.78, 5) is 14.2. The number of nitrogens with two attached hydrogens (primary N) is 1. The van der Waals surface area contributed by atoms with Gasteiger partial charge in [-0.1, -0.05) is 18.2 Å². The number of aryl methyl sites for hydroxylation is 1. The predicted molar refractivity (Wildman–Crippen MR) is 102 cm³/mol. The third-order valence-electron chi connectivity index (χ3n) is 4.05. The molecule has 25 heavy (non-hydrogen) atoms. The second-order valence-corrected chi connectivity index (χ2v) is 7.79. The van der Waals surface area contributed by atoms with E-state index in [1.165, 1.54) is 11.3 Å². The Kier molecular flexibility index (Phi) is 7.62. The van der Waals surface area contributed by atoms with Crippen LogP contribution in [0.3, 0.4) is 0 Å². The van der Waals surface area contributed by atoms with Crippen molar-refractivity contribution in [2.24, 2.45) is 5.73 Å². The number of aliphatic hydroxyl groups excluding tert-OH is 1. The highest BCUT2D eigenvalue weighted by atomic mass is 32.1. The number of hydrogen-bond donors (Lipinski definition) is 2. The largest absolute Gasteiger partial charge is 0.494 e. The summed E-state index contributed by atoms with van der Waals surface area (Å²) < 4.78 is 5.63. The van der Waals surface area contributed by atoms with E-state index in [1.807, 2.05) is 49.4 Å². The normalized spacial score (nSPS) is 13.4. The van der Waals surface area contributed by atoms with Crippen LogP contribution in [0.5, 0.6) is 5.75 Å². The van der Waals surface area contributed by atoms with Gasteiger partial charge in [-0.25, -0.2) is 0 Å². The number of carbonyl (C=O) groups excluding carboxylic acids is 1. The van der Waals surface area contributed by atoms with Gasteiger partial charge in [0.1, 0.15) is 5.75 Å². The molecule has 1 aromatic heterocycles. The molecule has 0 radical (unpaired) electrons. The average Bonchev–Trinajstić information content (AvgIpc) is 3.10. The fourth-order valence-corrected chi connectivity index (χ4v) is 3.34. The van der Waals surface area contributed by atoms with Crippen LogP contribution < -0.4 is 10.5 Å². The van der Waals surface area contributed by atoms with Gasteiger partial charge in [0.05, 0.1) is 18.1 Å². The van der Waals surface area contributed by atoms with Gasteiger partial charge in [-0.15, -0.1) is 11.3 Å². The van der Waals surface area contributed by atoms with Gasteiger partial charge in [0.15, 0.2) is 5.78 Å². The minimum Gasteiger partial charge on any atom is -0.494 e. The topological polar surface area (TPSA) is 72.5 Å². The molecule has 2 rings (SSSR count). The van der Waals surface area contributed by atoms with Gasteiger partial charge in [-0.2, -0.15) is 0 Å². The lowest BCUT2D eigenvalue weighted by Crippen LogP contribution is -2.40. The monoisotopic (exact) mass is 361 g/mol. The number of Topliss-reactive ketones (excluding diaryl/α,β-unsaturated/α-hetero) is 1. The zero-order valence-corrected chi connectivity index (χ0v) is 15.6. The molecule has 1 atom stereocenters. The molecule has 0 bridgehead atoms. The van der Waals surface area contributed by atoms with E-state index in [2.05, 4.69) is 0 Å². The molecule has 136 valence electrons. The lowest BCUT2D eigenvalue weighted by molar-refractivity contribution is 0.0981. The molecule has 0 saturated heterocycles. The number of unbranched alkanes of at least 4 members (excludes halogenated alkanes) is 1. The Morgan fingerprint density at radius 1 is 1.20 bits per heavy atom. The van der Waals surface area contributed by atoms with Gasteiger partial charge >= 0.3 is 0 Å². The van der Waals surface area contributed by atoms with Crippen LogP contribution >= 0.6 is 11.3 Å². The van der Waals surface area contributed by atoms with Crippen molar-refractivity contribution in [3.05, 3.63) is 52.2 Å². The molecule has 0 aliphatic heterocycles. The number of ketones is 1. The van der Waals surface area contributed by atoms with E-state index in [4.69, 9.17) is 10.5 Å². The van der Waals surface area contributed by atoms with Crippen molar-refractivity contribution in [1.82, 2.24) is 0 Å². The van der Waals surface area contributed by atoms with E-state index in [-0.39, 0.29) is 12.4 Å². The van der Waals surface area contributed by atoms with Crippen molar-refractivity contribution in [2.45, 2.75) is 44.6 Å². The zero-order valence-electron chi connectivity index (χ0n) is 14.7. The minimum atomic E-state index is -0.563. The number of rotatable bonds is 11. The zero-order chi connectivity index (χ0) is 18.1. The fraction of sp³-hybridized carbons (Fsp3) is 0.450. The number of benzene rings is 1. The van der Waals surface area contributed by atoms with Gasteiger partial charge in [-0.05, 0) is 56.9 Å². The lowest BCUT2D eigenvalue weighted by atomic mass is 9.98. The summed E-state index contributed by atoms with van der Waals surface area (Å²) >= 11 is 1.53. The molecular weight excluding hydrogens is 334 g/mol. The predicted octanol–water partition coefficient (Wildman–Crippen LogP) is 3.82. The first-order chi connectivity index (χ1) is 12.0. The molecule has 1 heterocycles. The summed E-state index contributed by atoms with van der Waals surface area (Å²) in [6.07, 6.45) is 3.72. The first kappa shape index (κ1) is 19.6. The second-order valence-electron chi connectivity index (χ2n) is 6.62. The number of hydrogen-bond acceptors (Lipinski definition) is 5. The second kappa shape index (κ2) is 9.70. The Bertz CT molecular complexity index is 652. The van der Waals surface area contributed by atoms with Gasteiger partial charge in [0.25, 0.3) is 0 Å². The summed E-state index contributed by atoms with van der Waals surface area (Å²) in [5, 5.41) is 9.19. The molecule has 3 N–H and O–H groups in total. The summed E-state index contributed by atoms with van der Waals surface area (Å²) in [5.74, 6) is 1.06. The third kappa shape index (κ3) is 6.98. The van der Waals surface area contributed by atoms with Crippen LogP contribution in [0.15, 0.2) is 42.5 Å². The maximum atomic E-state index is 12.3. The molecule has 0 spiro atoms. The molecule has 0 aliphatic rings. The van der Waals surface area contributed by atoms with Gasteiger partial charge in [0.2, 0.25) is 0 Å². The summed E-state index contributed by atoms with van der Waals surface area (Å²) in [6, 6.07) is 13.6. The highest BCUT2D eigenvalue weighted by Crippen LogP contribution is 2.22. The molecule has 4 nitrogen and oxygen atoms in total. The first-order valence-electron chi connectivity index (χ1n) is 8.70. The molecule has 0 saturated carbocycles.